The molecular formula is C14H13FN4O2. The van der Waals surface area contributed by atoms with Crippen molar-refractivity contribution < 1.29 is 13.6 Å². The summed E-state index contributed by atoms with van der Waals surface area (Å²) in [6, 6.07) is 3.65. The summed E-state index contributed by atoms with van der Waals surface area (Å²) in [5.41, 5.74) is 1.33. The lowest BCUT2D eigenvalue weighted by atomic mass is 10.3. The minimum absolute atomic E-state index is 0.237. The van der Waals surface area contributed by atoms with Crippen LogP contribution in [0.5, 0.6) is 0 Å². The number of rotatable bonds is 2. The van der Waals surface area contributed by atoms with Gasteiger partial charge in [0.25, 0.3) is 5.91 Å². The molecule has 0 spiro atoms. The number of nitrogens with zero attached hydrogens (tertiary/aromatic N) is 3. The summed E-state index contributed by atoms with van der Waals surface area (Å²) in [6.45, 7) is 1.47. The molecule has 0 saturated carbocycles. The van der Waals surface area contributed by atoms with E-state index in [1.165, 1.54) is 0 Å². The van der Waals surface area contributed by atoms with Crippen LogP contribution in [0.3, 0.4) is 0 Å². The number of oxazole rings is 1. The number of anilines is 1. The first kappa shape index (κ1) is 12.3. The predicted octanol–water partition coefficient (Wildman–Crippen LogP) is 1.53. The Morgan fingerprint density at radius 3 is 3.00 bits per heavy atom. The van der Waals surface area contributed by atoms with Gasteiger partial charge in [0.15, 0.2) is 0 Å². The molecule has 2 aliphatic rings. The largest absolute Gasteiger partial charge is 0.430 e. The number of alkyl halides is 1. The van der Waals surface area contributed by atoms with Gasteiger partial charge in [-0.15, -0.1) is 0 Å². The fourth-order valence-electron chi connectivity index (χ4n) is 2.64. The van der Waals surface area contributed by atoms with Gasteiger partial charge in [0, 0.05) is 12.7 Å². The average molecular weight is 288 g/mol. The molecule has 0 radical (unpaired) electrons. The zero-order valence-electron chi connectivity index (χ0n) is 11.2. The molecule has 0 aromatic carbocycles. The molecule has 1 atom stereocenters. The van der Waals surface area contributed by atoms with Crippen molar-refractivity contribution in [2.75, 3.05) is 18.0 Å². The molecule has 2 aromatic rings. The number of fused-ring (bicyclic) bond motifs is 1. The van der Waals surface area contributed by atoms with Gasteiger partial charge < -0.3 is 14.6 Å². The van der Waals surface area contributed by atoms with E-state index in [0.29, 0.717) is 43.2 Å². The van der Waals surface area contributed by atoms with Gasteiger partial charge in [-0.2, -0.15) is 0 Å². The molecule has 1 fully saturated rings. The Balaban J connectivity index is 1.59. The van der Waals surface area contributed by atoms with E-state index >= 15 is 0 Å². The highest BCUT2D eigenvalue weighted by atomic mass is 19.1. The Bertz CT molecular complexity index is 697. The summed E-state index contributed by atoms with van der Waals surface area (Å²) in [7, 11) is 0. The summed E-state index contributed by atoms with van der Waals surface area (Å²) in [5, 5.41) is 2.64. The van der Waals surface area contributed by atoms with Crippen molar-refractivity contribution in [3.63, 3.8) is 0 Å². The Hall–Kier alpha value is -2.44. The van der Waals surface area contributed by atoms with Gasteiger partial charge in [-0.1, -0.05) is 0 Å². The van der Waals surface area contributed by atoms with Gasteiger partial charge in [0.2, 0.25) is 11.7 Å². The van der Waals surface area contributed by atoms with Crippen molar-refractivity contribution in [3.8, 4) is 11.5 Å². The van der Waals surface area contributed by atoms with Crippen LogP contribution in [0, 0.1) is 0 Å². The van der Waals surface area contributed by atoms with Crippen LogP contribution in [-0.4, -0.2) is 35.1 Å². The van der Waals surface area contributed by atoms with E-state index in [4.69, 9.17) is 4.42 Å². The number of halogens is 1. The maximum Gasteiger partial charge on any atom is 0.289 e. The van der Waals surface area contributed by atoms with Crippen molar-refractivity contribution in [3.05, 3.63) is 29.8 Å². The number of carbonyl (C=O) groups is 1. The molecule has 0 aliphatic carbocycles. The molecule has 21 heavy (non-hydrogen) atoms. The van der Waals surface area contributed by atoms with Gasteiger partial charge in [0.05, 0.1) is 18.7 Å². The van der Waals surface area contributed by atoms with Gasteiger partial charge in [-0.3, -0.25) is 4.79 Å². The van der Waals surface area contributed by atoms with Crippen LogP contribution >= 0.6 is 0 Å². The van der Waals surface area contributed by atoms with Crippen LogP contribution in [0.15, 0.2) is 22.7 Å². The van der Waals surface area contributed by atoms with Crippen LogP contribution in [0.1, 0.15) is 22.7 Å². The first-order valence-corrected chi connectivity index (χ1v) is 6.84. The van der Waals surface area contributed by atoms with Crippen molar-refractivity contribution >= 4 is 11.7 Å². The molecule has 1 N–H and O–H groups in total. The summed E-state index contributed by atoms with van der Waals surface area (Å²) in [4.78, 5) is 22.0. The first-order chi connectivity index (χ1) is 10.2. The summed E-state index contributed by atoms with van der Waals surface area (Å²) in [5.74, 6) is 1.17. The predicted molar refractivity (Wildman–Crippen MR) is 72.6 cm³/mol. The second-order valence-electron chi connectivity index (χ2n) is 5.21. The molecule has 108 valence electrons. The molecule has 1 saturated heterocycles. The van der Waals surface area contributed by atoms with Gasteiger partial charge in [-0.05, 0) is 18.6 Å². The Labute approximate surface area is 120 Å². The number of amides is 1. The van der Waals surface area contributed by atoms with Gasteiger partial charge in [-0.25, -0.2) is 14.4 Å². The summed E-state index contributed by atoms with van der Waals surface area (Å²) < 4.78 is 18.7. The molecule has 2 aromatic heterocycles. The Morgan fingerprint density at radius 1 is 1.43 bits per heavy atom. The third kappa shape index (κ3) is 2.05. The number of aromatic nitrogens is 2. The Morgan fingerprint density at radius 2 is 2.33 bits per heavy atom. The normalized spacial score (nSPS) is 20.7. The molecule has 4 heterocycles. The molecule has 7 heteroatoms. The number of carbonyl (C=O) groups excluding carboxylic acids is 1. The van der Waals surface area contributed by atoms with Crippen LogP contribution in [0.4, 0.5) is 10.2 Å². The van der Waals surface area contributed by atoms with Gasteiger partial charge >= 0.3 is 0 Å². The summed E-state index contributed by atoms with van der Waals surface area (Å²) >= 11 is 0. The molecule has 4 rings (SSSR count). The van der Waals surface area contributed by atoms with Crippen LogP contribution in [0.25, 0.3) is 11.5 Å². The monoisotopic (exact) mass is 288 g/mol. The maximum absolute atomic E-state index is 13.2. The maximum atomic E-state index is 13.2. The van der Waals surface area contributed by atoms with Gasteiger partial charge in [0.1, 0.15) is 17.7 Å². The van der Waals surface area contributed by atoms with Crippen LogP contribution in [-0.2, 0) is 6.54 Å². The smallest absolute Gasteiger partial charge is 0.289 e. The highest BCUT2D eigenvalue weighted by Gasteiger charge is 2.27. The lowest BCUT2D eigenvalue weighted by molar-refractivity contribution is 0.0941. The van der Waals surface area contributed by atoms with Crippen LogP contribution < -0.4 is 10.2 Å². The average Bonchev–Trinajstić information content (AvgIpc) is 3.17. The molecule has 1 amide bonds. The van der Waals surface area contributed by atoms with E-state index in [-0.39, 0.29) is 11.7 Å². The van der Waals surface area contributed by atoms with Crippen LogP contribution in [0.2, 0.25) is 0 Å². The summed E-state index contributed by atoms with van der Waals surface area (Å²) in [6.07, 6.45) is 1.41. The van der Waals surface area contributed by atoms with E-state index in [0.717, 1.165) is 5.82 Å². The molecule has 6 nitrogen and oxygen atoms in total. The number of pyridine rings is 1. The van der Waals surface area contributed by atoms with E-state index in [9.17, 15) is 9.18 Å². The van der Waals surface area contributed by atoms with E-state index in [1.807, 2.05) is 17.0 Å². The number of hydrogen-bond donors (Lipinski definition) is 1. The minimum atomic E-state index is -0.778. The standard InChI is InChI=1S/C14H13FN4O2/c15-9-3-4-19(7-9)11-2-1-8(5-16-11)14-18-10-6-17-13(20)12(10)21-14/h1-2,5,9H,3-4,6-7H2,(H,17,20)/t9-/m0/s1. The fourth-order valence-corrected chi connectivity index (χ4v) is 2.64. The van der Waals surface area contributed by atoms with E-state index in [1.54, 1.807) is 6.20 Å². The molecule has 2 aliphatic heterocycles. The highest BCUT2D eigenvalue weighted by molar-refractivity contribution is 5.95. The van der Waals surface area contributed by atoms with Crippen molar-refractivity contribution in [2.45, 2.75) is 19.1 Å². The lowest BCUT2D eigenvalue weighted by Crippen LogP contribution is -2.20. The second-order valence-corrected chi connectivity index (χ2v) is 5.21. The molecule has 0 bridgehead atoms. The lowest BCUT2D eigenvalue weighted by Gasteiger charge is -2.15. The number of hydrogen-bond acceptors (Lipinski definition) is 5. The fraction of sp³-hybridized carbons (Fsp3) is 0.357. The van der Waals surface area contributed by atoms with Crippen molar-refractivity contribution in [1.29, 1.82) is 0 Å². The zero-order valence-corrected chi connectivity index (χ0v) is 11.2. The topological polar surface area (TPSA) is 71.3 Å². The van der Waals surface area contributed by atoms with Crippen molar-refractivity contribution in [1.82, 2.24) is 15.3 Å². The SMILES string of the molecule is O=C1NCc2nc(-c3ccc(N4CC[C@H](F)C4)nc3)oc21. The highest BCUT2D eigenvalue weighted by Crippen LogP contribution is 2.26. The first-order valence-electron chi connectivity index (χ1n) is 6.84. The third-order valence-corrected chi connectivity index (χ3v) is 3.77. The van der Waals surface area contributed by atoms with Crippen molar-refractivity contribution in [2.24, 2.45) is 0 Å². The van der Waals surface area contributed by atoms with E-state index in [2.05, 4.69) is 15.3 Å². The zero-order chi connectivity index (χ0) is 14.4. The molecule has 0 unspecified atom stereocenters. The second kappa shape index (κ2) is 4.54. The Kier molecular flexibility index (Phi) is 2.66. The quantitative estimate of drug-likeness (QED) is 0.907. The molecular weight excluding hydrogens is 275 g/mol. The third-order valence-electron chi connectivity index (χ3n) is 3.77. The van der Waals surface area contributed by atoms with E-state index < -0.39 is 6.17 Å². The number of nitrogens with one attached hydrogen (secondary N) is 1. The minimum Gasteiger partial charge on any atom is -0.430 e.